The summed E-state index contributed by atoms with van der Waals surface area (Å²) in [6, 6.07) is 5.11. The van der Waals surface area contributed by atoms with E-state index in [0.29, 0.717) is 0 Å². The van der Waals surface area contributed by atoms with Gasteiger partial charge in [-0.3, -0.25) is 9.78 Å². The van der Waals surface area contributed by atoms with E-state index in [1.54, 1.807) is 0 Å². The summed E-state index contributed by atoms with van der Waals surface area (Å²) in [6.07, 6.45) is -2.06. The van der Waals surface area contributed by atoms with Crippen LogP contribution in [0.3, 0.4) is 0 Å². The van der Waals surface area contributed by atoms with Crippen molar-refractivity contribution in [3.05, 3.63) is 59.2 Å². The summed E-state index contributed by atoms with van der Waals surface area (Å²) < 4.78 is 38.6. The zero-order chi connectivity index (χ0) is 14.8. The summed E-state index contributed by atoms with van der Waals surface area (Å²) in [5.41, 5.74) is 4.38. The highest BCUT2D eigenvalue weighted by molar-refractivity contribution is 5.91. The quantitative estimate of drug-likeness (QED) is 0.937. The lowest BCUT2D eigenvalue weighted by molar-refractivity contribution is -0.138. The van der Waals surface area contributed by atoms with Crippen LogP contribution in [0.25, 0.3) is 0 Å². The first-order valence-electron chi connectivity index (χ1n) is 5.64. The van der Waals surface area contributed by atoms with E-state index >= 15 is 0 Å². The lowest BCUT2D eigenvalue weighted by Crippen LogP contribution is -2.18. The minimum absolute atomic E-state index is 0.0167. The molecule has 0 aliphatic heterocycles. The number of carbonyl (C=O) groups excluding carboxylic acids is 1. The molecule has 0 saturated carbocycles. The molecule has 0 aliphatic rings. The number of aromatic nitrogens is 2. The lowest BCUT2D eigenvalue weighted by Gasteiger charge is -2.12. The van der Waals surface area contributed by atoms with Crippen molar-refractivity contribution in [2.75, 3.05) is 0 Å². The van der Waals surface area contributed by atoms with E-state index < -0.39 is 17.6 Å². The highest BCUT2D eigenvalue weighted by atomic mass is 19.4. The Morgan fingerprint density at radius 2 is 1.80 bits per heavy atom. The fraction of sp³-hybridized carbons (Fsp3) is 0.154. The summed E-state index contributed by atoms with van der Waals surface area (Å²) in [5.74, 6) is -0.822. The van der Waals surface area contributed by atoms with Crippen LogP contribution >= 0.6 is 0 Å². The summed E-state index contributed by atoms with van der Waals surface area (Å²) in [7, 11) is 0. The molecular weight excluding hydrogens is 271 g/mol. The van der Waals surface area contributed by atoms with Gasteiger partial charge in [0, 0.05) is 18.8 Å². The Kier molecular flexibility index (Phi) is 3.69. The van der Waals surface area contributed by atoms with Crippen LogP contribution in [0.1, 0.15) is 27.3 Å². The van der Waals surface area contributed by atoms with Gasteiger partial charge in [0.2, 0.25) is 0 Å². The van der Waals surface area contributed by atoms with Crippen LogP contribution in [0, 0.1) is 0 Å². The molecule has 0 atom stereocenters. The number of rotatable bonds is 3. The Hall–Kier alpha value is -2.44. The van der Waals surface area contributed by atoms with Crippen LogP contribution in [0.4, 0.5) is 13.2 Å². The molecule has 7 heteroatoms. The number of carbonyl (C=O) groups is 1. The van der Waals surface area contributed by atoms with Gasteiger partial charge in [-0.15, -0.1) is 0 Å². The summed E-state index contributed by atoms with van der Waals surface area (Å²) in [6.45, 7) is 0. The van der Waals surface area contributed by atoms with Gasteiger partial charge in [0.15, 0.2) is 0 Å². The molecular formula is C13H10F3N3O. The molecule has 0 radical (unpaired) electrons. The molecule has 0 aliphatic carbocycles. The fourth-order valence-corrected chi connectivity index (χ4v) is 1.83. The van der Waals surface area contributed by atoms with Crippen LogP contribution in [0.2, 0.25) is 0 Å². The van der Waals surface area contributed by atoms with Crippen molar-refractivity contribution in [3.63, 3.8) is 0 Å². The summed E-state index contributed by atoms with van der Waals surface area (Å²) in [5, 5.41) is 0. The van der Waals surface area contributed by atoms with Crippen LogP contribution in [0.15, 0.2) is 36.7 Å². The Balaban J connectivity index is 2.44. The fourth-order valence-electron chi connectivity index (χ4n) is 1.83. The summed E-state index contributed by atoms with van der Waals surface area (Å²) in [4.78, 5) is 18.8. The van der Waals surface area contributed by atoms with E-state index in [0.717, 1.165) is 6.07 Å². The molecule has 2 aromatic rings. The van der Waals surface area contributed by atoms with E-state index in [9.17, 15) is 18.0 Å². The number of nitrogens with two attached hydrogens (primary N) is 1. The smallest absolute Gasteiger partial charge is 0.364 e. The number of halogens is 3. The van der Waals surface area contributed by atoms with Crippen LogP contribution < -0.4 is 5.73 Å². The molecule has 4 nitrogen and oxygen atoms in total. The van der Waals surface area contributed by atoms with E-state index in [-0.39, 0.29) is 23.4 Å². The van der Waals surface area contributed by atoms with E-state index in [1.165, 1.54) is 30.6 Å². The van der Waals surface area contributed by atoms with Crippen molar-refractivity contribution >= 4 is 5.91 Å². The SMILES string of the molecule is NC(=O)c1nccnc1Cc1ccccc1C(F)(F)F. The molecule has 2 N–H and O–H groups in total. The number of hydrogen-bond donors (Lipinski definition) is 1. The number of alkyl halides is 3. The van der Waals surface area contributed by atoms with Crippen LogP contribution in [-0.4, -0.2) is 15.9 Å². The number of amides is 1. The molecule has 104 valence electrons. The molecule has 1 heterocycles. The minimum atomic E-state index is -4.47. The van der Waals surface area contributed by atoms with Crippen molar-refractivity contribution in [2.45, 2.75) is 12.6 Å². The standard InChI is InChI=1S/C13H10F3N3O/c14-13(15,16)9-4-2-1-3-8(9)7-10-11(12(17)20)19-6-5-18-10/h1-6H,7H2,(H2,17,20). The molecule has 0 fully saturated rings. The monoisotopic (exact) mass is 281 g/mol. The Morgan fingerprint density at radius 3 is 2.45 bits per heavy atom. The first-order chi connectivity index (χ1) is 9.39. The minimum Gasteiger partial charge on any atom is -0.364 e. The maximum atomic E-state index is 12.9. The average molecular weight is 281 g/mol. The average Bonchev–Trinajstić information content (AvgIpc) is 2.38. The van der Waals surface area contributed by atoms with Gasteiger partial charge in [0.05, 0.1) is 11.3 Å². The zero-order valence-corrected chi connectivity index (χ0v) is 10.2. The maximum Gasteiger partial charge on any atom is 0.416 e. The van der Waals surface area contributed by atoms with E-state index in [1.807, 2.05) is 0 Å². The molecule has 0 unspecified atom stereocenters. The van der Waals surface area contributed by atoms with Gasteiger partial charge in [-0.2, -0.15) is 13.2 Å². The number of nitrogens with zero attached hydrogens (tertiary/aromatic N) is 2. The maximum absolute atomic E-state index is 12.9. The van der Waals surface area contributed by atoms with Crippen molar-refractivity contribution in [2.24, 2.45) is 5.73 Å². The predicted octanol–water partition coefficient (Wildman–Crippen LogP) is 2.19. The third-order valence-corrected chi connectivity index (χ3v) is 2.69. The largest absolute Gasteiger partial charge is 0.416 e. The highest BCUT2D eigenvalue weighted by Crippen LogP contribution is 2.32. The Bertz CT molecular complexity index is 641. The third-order valence-electron chi connectivity index (χ3n) is 2.69. The molecule has 1 amide bonds. The molecule has 0 spiro atoms. The summed E-state index contributed by atoms with van der Waals surface area (Å²) >= 11 is 0. The first-order valence-corrected chi connectivity index (χ1v) is 5.64. The Morgan fingerprint density at radius 1 is 1.15 bits per heavy atom. The number of primary amides is 1. The Labute approximate surface area is 112 Å². The van der Waals surface area contributed by atoms with Gasteiger partial charge in [0.1, 0.15) is 5.69 Å². The molecule has 1 aromatic carbocycles. The predicted molar refractivity (Wildman–Crippen MR) is 64.8 cm³/mol. The third kappa shape index (κ3) is 2.93. The van der Waals surface area contributed by atoms with Crippen molar-refractivity contribution in [1.82, 2.24) is 9.97 Å². The highest BCUT2D eigenvalue weighted by Gasteiger charge is 2.33. The van der Waals surface area contributed by atoms with Crippen LogP contribution in [0.5, 0.6) is 0 Å². The first kappa shape index (κ1) is 14.0. The van der Waals surface area contributed by atoms with Gasteiger partial charge >= 0.3 is 6.18 Å². The second kappa shape index (κ2) is 5.28. The van der Waals surface area contributed by atoms with Gasteiger partial charge < -0.3 is 5.73 Å². The van der Waals surface area contributed by atoms with Crippen molar-refractivity contribution in [3.8, 4) is 0 Å². The second-order valence-corrected chi connectivity index (χ2v) is 4.05. The van der Waals surface area contributed by atoms with E-state index in [4.69, 9.17) is 5.73 Å². The lowest BCUT2D eigenvalue weighted by atomic mass is 10.0. The zero-order valence-electron chi connectivity index (χ0n) is 10.2. The second-order valence-electron chi connectivity index (χ2n) is 4.05. The van der Waals surface area contributed by atoms with Gasteiger partial charge in [-0.25, -0.2) is 4.98 Å². The number of benzene rings is 1. The normalized spacial score (nSPS) is 11.3. The molecule has 0 saturated heterocycles. The van der Waals surface area contributed by atoms with Crippen molar-refractivity contribution < 1.29 is 18.0 Å². The van der Waals surface area contributed by atoms with Crippen LogP contribution in [-0.2, 0) is 12.6 Å². The number of hydrogen-bond acceptors (Lipinski definition) is 3. The molecule has 20 heavy (non-hydrogen) atoms. The topological polar surface area (TPSA) is 68.9 Å². The molecule has 1 aromatic heterocycles. The van der Waals surface area contributed by atoms with Gasteiger partial charge in [0.25, 0.3) is 5.91 Å². The van der Waals surface area contributed by atoms with Gasteiger partial charge in [-0.05, 0) is 11.6 Å². The molecule has 0 bridgehead atoms. The van der Waals surface area contributed by atoms with Crippen molar-refractivity contribution in [1.29, 1.82) is 0 Å². The van der Waals surface area contributed by atoms with Gasteiger partial charge in [-0.1, -0.05) is 18.2 Å². The van der Waals surface area contributed by atoms with E-state index in [2.05, 4.69) is 9.97 Å². The molecule has 2 rings (SSSR count).